The van der Waals surface area contributed by atoms with Gasteiger partial charge in [0.25, 0.3) is 0 Å². The maximum absolute atomic E-state index is 13.1. The van der Waals surface area contributed by atoms with Gasteiger partial charge in [0.05, 0.1) is 5.57 Å². The molecule has 1 aliphatic rings. The Morgan fingerprint density at radius 2 is 1.88 bits per heavy atom. The van der Waals surface area contributed by atoms with Crippen molar-refractivity contribution in [3.63, 3.8) is 0 Å². The van der Waals surface area contributed by atoms with Crippen LogP contribution >= 0.6 is 23.4 Å². The van der Waals surface area contributed by atoms with E-state index in [9.17, 15) is 18.0 Å². The van der Waals surface area contributed by atoms with Gasteiger partial charge in [0, 0.05) is 20.4 Å². The number of ether oxygens (including phenoxy) is 1. The molecule has 1 aliphatic heterocycles. The van der Waals surface area contributed by atoms with Crippen LogP contribution in [0.1, 0.15) is 5.56 Å². The second-order valence-electron chi connectivity index (χ2n) is 5.20. The zero-order valence-corrected chi connectivity index (χ0v) is 14.0. The minimum atomic E-state index is -4.82. The number of carbonyl (C=O) groups is 1. The highest BCUT2D eigenvalue weighted by Gasteiger charge is 2.48. The first-order valence-electron chi connectivity index (χ1n) is 7.00. The molecule has 0 radical (unpaired) electrons. The average molecular weight is 387 g/mol. The highest BCUT2D eigenvalue weighted by Crippen LogP contribution is 2.40. The number of aliphatic carboxylic acids is 1. The van der Waals surface area contributed by atoms with E-state index in [2.05, 4.69) is 0 Å². The van der Waals surface area contributed by atoms with Gasteiger partial charge >= 0.3 is 12.1 Å². The lowest BCUT2D eigenvalue weighted by Gasteiger charge is -2.27. The molecule has 0 saturated carbocycles. The normalized spacial score (nSPS) is 16.6. The SMILES string of the molecule is O=C(O)C1=Cc2ccc(Sc3cccc(Cl)c3)cc2OC1C(F)(F)F. The highest BCUT2D eigenvalue weighted by molar-refractivity contribution is 7.99. The molecule has 130 valence electrons. The number of alkyl halides is 3. The van der Waals surface area contributed by atoms with Crippen LogP contribution in [-0.2, 0) is 4.79 Å². The van der Waals surface area contributed by atoms with Crippen molar-refractivity contribution in [1.29, 1.82) is 0 Å². The summed E-state index contributed by atoms with van der Waals surface area (Å²) in [4.78, 5) is 12.6. The van der Waals surface area contributed by atoms with E-state index in [0.717, 1.165) is 11.0 Å². The van der Waals surface area contributed by atoms with Crippen molar-refractivity contribution in [2.75, 3.05) is 0 Å². The molecule has 25 heavy (non-hydrogen) atoms. The Kier molecular flexibility index (Phi) is 4.71. The predicted octanol–water partition coefficient (Wildman–Crippen LogP) is 5.28. The third kappa shape index (κ3) is 3.93. The van der Waals surface area contributed by atoms with Gasteiger partial charge in [-0.1, -0.05) is 35.5 Å². The van der Waals surface area contributed by atoms with Crippen LogP contribution in [-0.4, -0.2) is 23.4 Å². The molecule has 2 aromatic rings. The Bertz CT molecular complexity index is 864. The first-order chi connectivity index (χ1) is 11.7. The highest BCUT2D eigenvalue weighted by atomic mass is 35.5. The molecule has 8 heteroatoms. The van der Waals surface area contributed by atoms with Crippen molar-refractivity contribution in [2.45, 2.75) is 22.1 Å². The Morgan fingerprint density at radius 1 is 1.16 bits per heavy atom. The fraction of sp³-hybridized carbons (Fsp3) is 0.118. The molecule has 2 aromatic carbocycles. The second kappa shape index (κ2) is 6.65. The Hall–Kier alpha value is -2.12. The monoisotopic (exact) mass is 386 g/mol. The van der Waals surface area contributed by atoms with Gasteiger partial charge in [-0.2, -0.15) is 13.2 Å². The minimum Gasteiger partial charge on any atom is -0.478 e. The predicted molar refractivity (Wildman–Crippen MR) is 88.1 cm³/mol. The zero-order valence-electron chi connectivity index (χ0n) is 12.4. The van der Waals surface area contributed by atoms with Crippen LogP contribution < -0.4 is 4.74 Å². The van der Waals surface area contributed by atoms with Gasteiger partial charge < -0.3 is 9.84 Å². The number of benzene rings is 2. The number of rotatable bonds is 3. The number of carboxylic acids is 1. The lowest BCUT2D eigenvalue weighted by molar-refractivity contribution is -0.187. The number of hydrogen-bond donors (Lipinski definition) is 1. The molecule has 0 fully saturated rings. The van der Waals surface area contributed by atoms with Crippen LogP contribution in [0.2, 0.25) is 5.02 Å². The van der Waals surface area contributed by atoms with E-state index in [-0.39, 0.29) is 11.3 Å². The van der Waals surface area contributed by atoms with Crippen molar-refractivity contribution in [1.82, 2.24) is 0 Å². The largest absolute Gasteiger partial charge is 0.478 e. The first kappa shape index (κ1) is 17.7. The number of hydrogen-bond acceptors (Lipinski definition) is 3. The standard InChI is InChI=1S/C17H10ClF3O3S/c18-10-2-1-3-11(7-10)25-12-5-4-9-6-13(16(22)23)15(17(19,20)21)24-14(9)8-12/h1-8,15H,(H,22,23). The van der Waals surface area contributed by atoms with Crippen LogP contribution in [0.4, 0.5) is 13.2 Å². The third-order valence-corrected chi connectivity index (χ3v) is 4.61. The third-order valence-electron chi connectivity index (χ3n) is 3.40. The van der Waals surface area contributed by atoms with Crippen molar-refractivity contribution >= 4 is 35.4 Å². The number of carboxylic acid groups (broad SMARTS) is 1. The zero-order chi connectivity index (χ0) is 18.2. The van der Waals surface area contributed by atoms with E-state index in [0.29, 0.717) is 9.92 Å². The Morgan fingerprint density at radius 3 is 2.52 bits per heavy atom. The summed E-state index contributed by atoms with van der Waals surface area (Å²) in [5.41, 5.74) is -0.552. The molecule has 1 N–H and O–H groups in total. The molecule has 1 heterocycles. The fourth-order valence-electron chi connectivity index (χ4n) is 2.32. The molecule has 3 rings (SSSR count). The summed E-state index contributed by atoms with van der Waals surface area (Å²) < 4.78 is 44.2. The van der Waals surface area contributed by atoms with Gasteiger partial charge in [0.15, 0.2) is 0 Å². The van der Waals surface area contributed by atoms with Gasteiger partial charge in [-0.3, -0.25) is 0 Å². The molecule has 1 unspecified atom stereocenters. The van der Waals surface area contributed by atoms with Crippen LogP contribution in [0.25, 0.3) is 6.08 Å². The van der Waals surface area contributed by atoms with E-state index in [1.165, 1.54) is 23.9 Å². The van der Waals surface area contributed by atoms with E-state index < -0.39 is 23.8 Å². The molecule has 0 saturated heterocycles. The first-order valence-corrected chi connectivity index (χ1v) is 8.19. The second-order valence-corrected chi connectivity index (χ2v) is 6.79. The lowest BCUT2D eigenvalue weighted by atomic mass is 10.0. The maximum Gasteiger partial charge on any atom is 0.430 e. The molecule has 1 atom stereocenters. The summed E-state index contributed by atoms with van der Waals surface area (Å²) >= 11 is 7.22. The smallest absolute Gasteiger partial charge is 0.430 e. The summed E-state index contributed by atoms with van der Waals surface area (Å²) in [6.07, 6.45) is -6.32. The molecule has 3 nitrogen and oxygen atoms in total. The number of fused-ring (bicyclic) bond motifs is 1. The molecule has 0 bridgehead atoms. The van der Waals surface area contributed by atoms with Crippen LogP contribution in [0.5, 0.6) is 5.75 Å². The van der Waals surface area contributed by atoms with E-state index in [1.807, 2.05) is 6.07 Å². The van der Waals surface area contributed by atoms with Gasteiger partial charge in [-0.05, 0) is 36.4 Å². The quantitative estimate of drug-likeness (QED) is 0.779. The molecule has 0 aromatic heterocycles. The Labute approximate surface area is 150 Å². The van der Waals surface area contributed by atoms with Crippen molar-refractivity contribution in [3.05, 3.63) is 58.6 Å². The maximum atomic E-state index is 13.1. The fourth-order valence-corrected chi connectivity index (χ4v) is 3.48. The topological polar surface area (TPSA) is 46.5 Å². The molecular weight excluding hydrogens is 377 g/mol. The van der Waals surface area contributed by atoms with Gasteiger partial charge in [-0.15, -0.1) is 0 Å². The van der Waals surface area contributed by atoms with Crippen LogP contribution in [0, 0.1) is 0 Å². The van der Waals surface area contributed by atoms with Crippen molar-refractivity contribution in [2.24, 2.45) is 0 Å². The summed E-state index contributed by atoms with van der Waals surface area (Å²) in [6.45, 7) is 0. The summed E-state index contributed by atoms with van der Waals surface area (Å²) in [5, 5.41) is 9.55. The summed E-state index contributed by atoms with van der Waals surface area (Å²) in [5.74, 6) is -1.68. The van der Waals surface area contributed by atoms with E-state index in [4.69, 9.17) is 21.4 Å². The van der Waals surface area contributed by atoms with Gasteiger partial charge in [0.2, 0.25) is 6.10 Å². The number of halogens is 4. The van der Waals surface area contributed by atoms with E-state index in [1.54, 1.807) is 24.3 Å². The van der Waals surface area contributed by atoms with Gasteiger partial charge in [0.1, 0.15) is 5.75 Å². The summed E-state index contributed by atoms with van der Waals surface area (Å²) in [7, 11) is 0. The molecule has 0 amide bonds. The van der Waals surface area contributed by atoms with Crippen LogP contribution in [0.15, 0.2) is 57.8 Å². The molecule has 0 spiro atoms. The van der Waals surface area contributed by atoms with E-state index >= 15 is 0 Å². The molecule has 0 aliphatic carbocycles. The van der Waals surface area contributed by atoms with Gasteiger partial charge in [-0.25, -0.2) is 4.79 Å². The van der Waals surface area contributed by atoms with Crippen LogP contribution in [0.3, 0.4) is 0 Å². The summed E-state index contributed by atoms with van der Waals surface area (Å²) in [6, 6.07) is 11.7. The Balaban J connectivity index is 1.94. The minimum absolute atomic E-state index is 0.0145. The van der Waals surface area contributed by atoms with Crippen molar-refractivity contribution in [3.8, 4) is 5.75 Å². The molecular formula is C17H10ClF3O3S. The average Bonchev–Trinajstić information content (AvgIpc) is 2.52. The van der Waals surface area contributed by atoms with Crippen molar-refractivity contribution < 1.29 is 27.8 Å². The lowest BCUT2D eigenvalue weighted by Crippen LogP contribution is -2.40.